The van der Waals surface area contributed by atoms with Crippen molar-refractivity contribution in [3.8, 4) is 11.3 Å². The van der Waals surface area contributed by atoms with Gasteiger partial charge in [-0.25, -0.2) is 14.6 Å². The number of para-hydroxylation sites is 1. The summed E-state index contributed by atoms with van der Waals surface area (Å²) in [6.45, 7) is 3.61. The molecule has 30 heavy (non-hydrogen) atoms. The third kappa shape index (κ3) is 4.20. The molecule has 3 heterocycles. The zero-order valence-electron chi connectivity index (χ0n) is 16.9. The molecule has 2 aromatic heterocycles. The maximum Gasteiger partial charge on any atom is 0.274 e. The number of carbonyl (C=O) groups excluding carboxylic acids is 1. The number of nitrogens with one attached hydrogen (secondary N) is 1. The zero-order valence-corrected chi connectivity index (χ0v) is 16.9. The normalized spacial score (nSPS) is 14.5. The van der Waals surface area contributed by atoms with Crippen LogP contribution in [0.2, 0.25) is 0 Å². The summed E-state index contributed by atoms with van der Waals surface area (Å²) in [5.74, 6) is 0.418. The summed E-state index contributed by atoms with van der Waals surface area (Å²) in [7, 11) is 3.68. The van der Waals surface area contributed by atoms with Crippen molar-refractivity contribution in [1.29, 1.82) is 0 Å². The fourth-order valence-electron chi connectivity index (χ4n) is 3.33. The Labute approximate surface area is 174 Å². The van der Waals surface area contributed by atoms with Crippen molar-refractivity contribution in [2.45, 2.75) is 0 Å². The number of benzene rings is 1. The van der Waals surface area contributed by atoms with Gasteiger partial charge in [0.25, 0.3) is 11.5 Å². The van der Waals surface area contributed by atoms with E-state index in [2.05, 4.69) is 37.2 Å². The minimum Gasteiger partial charge on any atom is -0.354 e. The third-order valence-corrected chi connectivity index (χ3v) is 5.12. The van der Waals surface area contributed by atoms with Gasteiger partial charge in [-0.05, 0) is 19.2 Å². The summed E-state index contributed by atoms with van der Waals surface area (Å²) in [6, 6.07) is 12.1. The monoisotopic (exact) mass is 405 g/mol. The van der Waals surface area contributed by atoms with Crippen LogP contribution in [-0.4, -0.2) is 63.8 Å². The molecule has 9 nitrogen and oxygen atoms in total. The predicted molar refractivity (Wildman–Crippen MR) is 115 cm³/mol. The summed E-state index contributed by atoms with van der Waals surface area (Å²) in [4.78, 5) is 37.4. The summed E-state index contributed by atoms with van der Waals surface area (Å²) in [5, 5.41) is 7.19. The van der Waals surface area contributed by atoms with Crippen molar-refractivity contribution in [2.75, 3.05) is 43.4 Å². The summed E-state index contributed by atoms with van der Waals surface area (Å²) in [6.07, 6.45) is 1.42. The molecule has 154 valence electrons. The van der Waals surface area contributed by atoms with Crippen LogP contribution >= 0.6 is 0 Å². The maximum absolute atomic E-state index is 12.9. The number of aryl methyl sites for hydroxylation is 1. The lowest BCUT2D eigenvalue weighted by Gasteiger charge is -2.33. The molecule has 1 aliphatic heterocycles. The largest absolute Gasteiger partial charge is 0.354 e. The van der Waals surface area contributed by atoms with Gasteiger partial charge >= 0.3 is 0 Å². The second kappa shape index (κ2) is 8.42. The number of aromatic nitrogens is 4. The lowest BCUT2D eigenvalue weighted by molar-refractivity contribution is 0.102. The molecular formula is C21H23N7O2. The molecule has 1 saturated heterocycles. The third-order valence-electron chi connectivity index (χ3n) is 5.12. The second-order valence-electron chi connectivity index (χ2n) is 7.23. The van der Waals surface area contributed by atoms with E-state index in [1.54, 1.807) is 25.2 Å². The second-order valence-corrected chi connectivity index (χ2v) is 7.23. The predicted octanol–water partition coefficient (Wildman–Crippen LogP) is 1.24. The van der Waals surface area contributed by atoms with E-state index in [1.807, 2.05) is 18.2 Å². The molecule has 1 amide bonds. The molecule has 0 radical (unpaired) electrons. The molecule has 3 aromatic rings. The number of anilines is 2. The van der Waals surface area contributed by atoms with Crippen LogP contribution in [0.15, 0.2) is 53.6 Å². The van der Waals surface area contributed by atoms with Crippen LogP contribution in [0.25, 0.3) is 11.3 Å². The van der Waals surface area contributed by atoms with Crippen molar-refractivity contribution in [3.05, 3.63) is 64.8 Å². The summed E-state index contributed by atoms with van der Waals surface area (Å²) >= 11 is 0. The summed E-state index contributed by atoms with van der Waals surface area (Å²) in [5.41, 5.74) is 2.00. The molecule has 0 saturated carbocycles. The van der Waals surface area contributed by atoms with Gasteiger partial charge in [-0.1, -0.05) is 18.2 Å². The molecule has 0 bridgehead atoms. The molecule has 1 aromatic carbocycles. The highest BCUT2D eigenvalue weighted by molar-refractivity contribution is 6.05. The first kappa shape index (κ1) is 19.7. The van der Waals surface area contributed by atoms with Gasteiger partial charge in [0, 0.05) is 50.9 Å². The number of hydrogen-bond donors (Lipinski definition) is 1. The fraction of sp³-hybridized carbons (Fsp3) is 0.286. The van der Waals surface area contributed by atoms with Crippen LogP contribution in [0.5, 0.6) is 0 Å². The van der Waals surface area contributed by atoms with E-state index in [9.17, 15) is 9.59 Å². The highest BCUT2D eigenvalue weighted by atomic mass is 16.2. The van der Waals surface area contributed by atoms with Crippen LogP contribution in [0, 0.1) is 0 Å². The van der Waals surface area contributed by atoms with Gasteiger partial charge in [-0.15, -0.1) is 0 Å². The molecule has 0 unspecified atom stereocenters. The number of rotatable bonds is 4. The lowest BCUT2D eigenvalue weighted by atomic mass is 10.1. The van der Waals surface area contributed by atoms with E-state index in [1.165, 1.54) is 17.1 Å². The highest BCUT2D eigenvalue weighted by Crippen LogP contribution is 2.26. The van der Waals surface area contributed by atoms with Crippen molar-refractivity contribution < 1.29 is 4.79 Å². The maximum atomic E-state index is 12.9. The van der Waals surface area contributed by atoms with Crippen LogP contribution in [0.3, 0.4) is 0 Å². The van der Waals surface area contributed by atoms with Gasteiger partial charge in [0.05, 0.1) is 11.4 Å². The molecule has 0 atom stereocenters. The van der Waals surface area contributed by atoms with Crippen molar-refractivity contribution >= 4 is 17.4 Å². The van der Waals surface area contributed by atoms with E-state index >= 15 is 0 Å². The summed E-state index contributed by atoms with van der Waals surface area (Å²) < 4.78 is 1.26. The van der Waals surface area contributed by atoms with Crippen molar-refractivity contribution in [3.63, 3.8) is 0 Å². The molecule has 0 aliphatic carbocycles. The Morgan fingerprint density at radius 1 is 1.00 bits per heavy atom. The van der Waals surface area contributed by atoms with Crippen molar-refractivity contribution in [1.82, 2.24) is 24.6 Å². The standard InChI is InChI=1S/C21H23N7O2/c1-26-9-11-28(12-10-26)19-13-18(22-14-23-19)21(30)24-16-6-4-3-5-15(16)17-7-8-20(29)27(2)25-17/h3-8,13-14H,9-12H2,1-2H3,(H,24,30). The van der Waals surface area contributed by atoms with Gasteiger partial charge in [-0.2, -0.15) is 5.10 Å². The molecule has 1 fully saturated rings. The van der Waals surface area contributed by atoms with Crippen LogP contribution in [-0.2, 0) is 7.05 Å². The number of piperazine rings is 1. The van der Waals surface area contributed by atoms with E-state index in [-0.39, 0.29) is 11.5 Å². The van der Waals surface area contributed by atoms with Gasteiger partial charge < -0.3 is 15.1 Å². The Morgan fingerprint density at radius 3 is 2.53 bits per heavy atom. The van der Waals surface area contributed by atoms with E-state index < -0.39 is 0 Å². The quantitative estimate of drug-likeness (QED) is 0.698. The molecule has 9 heteroatoms. The number of nitrogens with zero attached hydrogens (tertiary/aromatic N) is 6. The Kier molecular flexibility index (Phi) is 5.53. The van der Waals surface area contributed by atoms with Crippen LogP contribution < -0.4 is 15.8 Å². The minimum absolute atomic E-state index is 0.197. The Morgan fingerprint density at radius 2 is 1.77 bits per heavy atom. The molecule has 0 spiro atoms. The number of hydrogen-bond acceptors (Lipinski definition) is 7. The zero-order chi connectivity index (χ0) is 21.1. The van der Waals surface area contributed by atoms with Gasteiger partial charge in [0.1, 0.15) is 17.8 Å². The van der Waals surface area contributed by atoms with Crippen molar-refractivity contribution in [2.24, 2.45) is 7.05 Å². The fourth-order valence-corrected chi connectivity index (χ4v) is 3.33. The highest BCUT2D eigenvalue weighted by Gasteiger charge is 2.18. The van der Waals surface area contributed by atoms with E-state index in [0.29, 0.717) is 17.1 Å². The van der Waals surface area contributed by atoms with Gasteiger partial charge in [-0.3, -0.25) is 9.59 Å². The van der Waals surface area contributed by atoms with Gasteiger partial charge in [0.15, 0.2) is 0 Å². The molecule has 1 aliphatic rings. The van der Waals surface area contributed by atoms with Crippen LogP contribution in [0.4, 0.5) is 11.5 Å². The minimum atomic E-state index is -0.329. The Bertz CT molecular complexity index is 1120. The molecule has 1 N–H and O–H groups in total. The lowest BCUT2D eigenvalue weighted by Crippen LogP contribution is -2.44. The number of carbonyl (C=O) groups is 1. The molecule has 4 rings (SSSR count). The number of amides is 1. The average Bonchev–Trinajstić information content (AvgIpc) is 2.77. The van der Waals surface area contributed by atoms with Crippen LogP contribution in [0.1, 0.15) is 10.5 Å². The SMILES string of the molecule is CN1CCN(c2cc(C(=O)Nc3ccccc3-c3ccc(=O)n(C)n3)ncn2)CC1. The smallest absolute Gasteiger partial charge is 0.274 e. The Balaban J connectivity index is 1.57. The first-order chi connectivity index (χ1) is 14.5. The van der Waals surface area contributed by atoms with E-state index in [4.69, 9.17) is 0 Å². The average molecular weight is 405 g/mol. The first-order valence-corrected chi connectivity index (χ1v) is 9.72. The Hall–Kier alpha value is -3.59. The topological polar surface area (TPSA) is 96.2 Å². The van der Waals surface area contributed by atoms with E-state index in [0.717, 1.165) is 37.6 Å². The number of likely N-dealkylation sites (N-methyl/N-ethyl adjacent to an activating group) is 1. The molecular weight excluding hydrogens is 382 g/mol. The van der Waals surface area contributed by atoms with Gasteiger partial charge in [0.2, 0.25) is 0 Å². The first-order valence-electron chi connectivity index (χ1n) is 9.72.